The average molecular weight is 228 g/mol. The summed E-state index contributed by atoms with van der Waals surface area (Å²) < 4.78 is 4.67. The van der Waals surface area contributed by atoms with Crippen molar-refractivity contribution in [3.8, 4) is 6.07 Å². The van der Waals surface area contributed by atoms with Crippen molar-refractivity contribution >= 4 is 16.9 Å². The maximum atomic E-state index is 11.3. The highest BCUT2D eigenvalue weighted by Crippen LogP contribution is 2.23. The number of aromatic nitrogens is 1. The number of hydrogen-bond donors (Lipinski definition) is 1. The molecule has 86 valence electrons. The van der Waals surface area contributed by atoms with Gasteiger partial charge in [0.1, 0.15) is 0 Å². The second kappa shape index (κ2) is 4.30. The number of benzene rings is 1. The van der Waals surface area contributed by atoms with E-state index in [0.717, 1.165) is 22.2 Å². The lowest BCUT2D eigenvalue weighted by Gasteiger charge is -2.00. The second-order valence-corrected chi connectivity index (χ2v) is 3.85. The first-order chi connectivity index (χ1) is 8.15. The molecule has 4 nitrogen and oxygen atoms in total. The summed E-state index contributed by atoms with van der Waals surface area (Å²) in [4.78, 5) is 14.5. The number of rotatable bonds is 2. The minimum atomic E-state index is -0.281. The number of nitrogens with zero attached hydrogens (tertiary/aromatic N) is 1. The van der Waals surface area contributed by atoms with Crippen molar-refractivity contribution in [1.29, 1.82) is 5.26 Å². The molecule has 0 aliphatic heterocycles. The Morgan fingerprint density at radius 1 is 1.53 bits per heavy atom. The molecule has 1 aromatic carbocycles. The summed E-state index contributed by atoms with van der Waals surface area (Å²) in [7, 11) is 1.37. The first-order valence-corrected chi connectivity index (χ1v) is 5.24. The van der Waals surface area contributed by atoms with Gasteiger partial charge in [0.25, 0.3) is 0 Å². The van der Waals surface area contributed by atoms with E-state index in [4.69, 9.17) is 5.26 Å². The lowest BCUT2D eigenvalue weighted by molar-refractivity contribution is -0.139. The Kier molecular flexibility index (Phi) is 2.84. The van der Waals surface area contributed by atoms with Gasteiger partial charge in [0.05, 0.1) is 25.2 Å². The monoisotopic (exact) mass is 228 g/mol. The van der Waals surface area contributed by atoms with Crippen LogP contribution in [0.4, 0.5) is 0 Å². The van der Waals surface area contributed by atoms with Gasteiger partial charge in [-0.2, -0.15) is 5.26 Å². The van der Waals surface area contributed by atoms with Crippen LogP contribution in [0.1, 0.15) is 16.8 Å². The highest BCUT2D eigenvalue weighted by Gasteiger charge is 2.12. The fourth-order valence-corrected chi connectivity index (χ4v) is 1.90. The van der Waals surface area contributed by atoms with Crippen molar-refractivity contribution in [2.24, 2.45) is 0 Å². The Balaban J connectivity index is 2.57. The van der Waals surface area contributed by atoms with Crippen molar-refractivity contribution in [3.05, 3.63) is 35.0 Å². The Hall–Kier alpha value is -2.28. The summed E-state index contributed by atoms with van der Waals surface area (Å²) in [5.41, 5.74) is 3.34. The molecule has 1 N–H and O–H groups in total. The van der Waals surface area contributed by atoms with Gasteiger partial charge in [0.2, 0.25) is 0 Å². The van der Waals surface area contributed by atoms with E-state index in [1.165, 1.54) is 7.11 Å². The van der Waals surface area contributed by atoms with Crippen LogP contribution in [-0.4, -0.2) is 18.1 Å². The van der Waals surface area contributed by atoms with Crippen molar-refractivity contribution in [1.82, 2.24) is 4.98 Å². The molecule has 0 bridgehead atoms. The Morgan fingerprint density at radius 3 is 2.94 bits per heavy atom. The van der Waals surface area contributed by atoms with E-state index >= 15 is 0 Å². The van der Waals surface area contributed by atoms with Crippen LogP contribution in [0.15, 0.2) is 18.2 Å². The Morgan fingerprint density at radius 2 is 2.29 bits per heavy atom. The second-order valence-electron chi connectivity index (χ2n) is 3.85. The first-order valence-electron chi connectivity index (χ1n) is 5.24. The maximum Gasteiger partial charge on any atom is 0.310 e. The molecule has 2 aromatic rings. The number of H-pyrrole nitrogens is 1. The quantitative estimate of drug-likeness (QED) is 0.800. The van der Waals surface area contributed by atoms with E-state index in [1.807, 2.05) is 13.0 Å². The SMILES string of the molecule is COC(=O)Cc1c(C)[nH]c2ccc(C#N)cc12. The van der Waals surface area contributed by atoms with Crippen molar-refractivity contribution in [2.75, 3.05) is 7.11 Å². The third-order valence-corrected chi connectivity index (χ3v) is 2.80. The summed E-state index contributed by atoms with van der Waals surface area (Å²) >= 11 is 0. The van der Waals surface area contributed by atoms with Gasteiger partial charge in [-0.25, -0.2) is 0 Å². The molecule has 0 aliphatic carbocycles. The lowest BCUT2D eigenvalue weighted by atomic mass is 10.1. The average Bonchev–Trinajstić information content (AvgIpc) is 2.65. The summed E-state index contributed by atoms with van der Waals surface area (Å²) in [5.74, 6) is -0.281. The number of nitriles is 1. The van der Waals surface area contributed by atoms with Gasteiger partial charge in [0.15, 0.2) is 0 Å². The molecule has 2 rings (SSSR count). The van der Waals surface area contributed by atoms with Gasteiger partial charge in [-0.05, 0) is 30.7 Å². The molecule has 0 fully saturated rings. The highest BCUT2D eigenvalue weighted by molar-refractivity contribution is 5.89. The normalized spacial score (nSPS) is 10.2. The molecule has 0 atom stereocenters. The van der Waals surface area contributed by atoms with E-state index in [1.54, 1.807) is 12.1 Å². The van der Waals surface area contributed by atoms with Gasteiger partial charge in [-0.15, -0.1) is 0 Å². The summed E-state index contributed by atoms with van der Waals surface area (Å²) in [6.07, 6.45) is 0.219. The van der Waals surface area contributed by atoms with E-state index < -0.39 is 0 Å². The van der Waals surface area contributed by atoms with Gasteiger partial charge < -0.3 is 9.72 Å². The van der Waals surface area contributed by atoms with E-state index in [9.17, 15) is 4.79 Å². The van der Waals surface area contributed by atoms with Crippen molar-refractivity contribution in [3.63, 3.8) is 0 Å². The molecular weight excluding hydrogens is 216 g/mol. The van der Waals surface area contributed by atoms with E-state index in [2.05, 4.69) is 15.8 Å². The van der Waals surface area contributed by atoms with E-state index in [-0.39, 0.29) is 12.4 Å². The largest absolute Gasteiger partial charge is 0.469 e. The standard InChI is InChI=1S/C13H12N2O2/c1-8-10(6-13(16)17-2)11-5-9(7-14)3-4-12(11)15-8/h3-5,15H,6H2,1-2H3. The third-order valence-electron chi connectivity index (χ3n) is 2.80. The van der Waals surface area contributed by atoms with Crippen molar-refractivity contribution < 1.29 is 9.53 Å². The van der Waals surface area contributed by atoms with Crippen LogP contribution in [0, 0.1) is 18.3 Å². The Labute approximate surface area is 98.8 Å². The van der Waals surface area contributed by atoms with Crippen LogP contribution in [-0.2, 0) is 16.0 Å². The number of ether oxygens (including phenoxy) is 1. The number of aromatic amines is 1. The number of aryl methyl sites for hydroxylation is 1. The molecule has 0 spiro atoms. The molecule has 0 saturated heterocycles. The minimum Gasteiger partial charge on any atom is -0.469 e. The maximum absolute atomic E-state index is 11.3. The summed E-state index contributed by atoms with van der Waals surface area (Å²) in [6.45, 7) is 1.91. The predicted octanol–water partition coefficient (Wildman–Crippen LogP) is 2.06. The van der Waals surface area contributed by atoms with Crippen LogP contribution in [0.25, 0.3) is 10.9 Å². The molecule has 0 saturated carbocycles. The molecule has 1 heterocycles. The van der Waals surface area contributed by atoms with Crippen LogP contribution in [0.2, 0.25) is 0 Å². The molecular formula is C13H12N2O2. The summed E-state index contributed by atoms with van der Waals surface area (Å²) in [5, 5.41) is 9.78. The molecule has 1 aromatic heterocycles. The zero-order valence-corrected chi connectivity index (χ0v) is 9.70. The number of nitrogens with one attached hydrogen (secondary N) is 1. The van der Waals surface area contributed by atoms with Crippen LogP contribution in [0.3, 0.4) is 0 Å². The fourth-order valence-electron chi connectivity index (χ4n) is 1.90. The van der Waals surface area contributed by atoms with Crippen LogP contribution >= 0.6 is 0 Å². The molecule has 17 heavy (non-hydrogen) atoms. The molecule has 4 heteroatoms. The van der Waals surface area contributed by atoms with Crippen molar-refractivity contribution in [2.45, 2.75) is 13.3 Å². The number of hydrogen-bond acceptors (Lipinski definition) is 3. The summed E-state index contributed by atoms with van der Waals surface area (Å²) in [6, 6.07) is 7.48. The van der Waals surface area contributed by atoms with E-state index in [0.29, 0.717) is 5.56 Å². The lowest BCUT2D eigenvalue weighted by Crippen LogP contribution is -2.05. The zero-order chi connectivity index (χ0) is 12.4. The third kappa shape index (κ3) is 2.00. The fraction of sp³-hybridized carbons (Fsp3) is 0.231. The van der Waals surface area contributed by atoms with Gasteiger partial charge in [0, 0.05) is 16.6 Å². The number of esters is 1. The molecule has 0 radical (unpaired) electrons. The topological polar surface area (TPSA) is 65.9 Å². The Bertz CT molecular complexity index is 620. The molecule has 0 aliphatic rings. The number of carbonyl (C=O) groups excluding carboxylic acids is 1. The predicted molar refractivity (Wildman–Crippen MR) is 63.5 cm³/mol. The smallest absolute Gasteiger partial charge is 0.310 e. The van der Waals surface area contributed by atoms with Crippen LogP contribution in [0.5, 0.6) is 0 Å². The molecule has 0 amide bonds. The highest BCUT2D eigenvalue weighted by atomic mass is 16.5. The number of fused-ring (bicyclic) bond motifs is 1. The number of carbonyl (C=O) groups is 1. The minimum absolute atomic E-state index is 0.219. The van der Waals surface area contributed by atoms with Gasteiger partial charge in [-0.1, -0.05) is 0 Å². The number of methoxy groups -OCH3 is 1. The van der Waals surface area contributed by atoms with Crippen LogP contribution < -0.4 is 0 Å². The first kappa shape index (κ1) is 11.2. The zero-order valence-electron chi connectivity index (χ0n) is 9.70. The van der Waals surface area contributed by atoms with Gasteiger partial charge >= 0.3 is 5.97 Å². The molecule has 0 unspecified atom stereocenters. The van der Waals surface area contributed by atoms with Gasteiger partial charge in [-0.3, -0.25) is 4.79 Å².